The number of allylic oxidation sites excluding steroid dienone is 1. The average Bonchev–Trinajstić information content (AvgIpc) is 3.23. The van der Waals surface area contributed by atoms with E-state index < -0.39 is 12.0 Å². The van der Waals surface area contributed by atoms with Gasteiger partial charge < -0.3 is 24.1 Å². The quantitative estimate of drug-likeness (QED) is 0.264. The van der Waals surface area contributed by atoms with Crippen molar-refractivity contribution in [3.8, 4) is 23.0 Å². The zero-order valence-corrected chi connectivity index (χ0v) is 24.9. The second-order valence-electron chi connectivity index (χ2n) is 8.59. The van der Waals surface area contributed by atoms with Crippen LogP contribution in [0.25, 0.3) is 6.08 Å². The molecule has 0 fully saturated rings. The van der Waals surface area contributed by atoms with Gasteiger partial charge in [0.1, 0.15) is 6.61 Å². The molecule has 1 atom stereocenters. The summed E-state index contributed by atoms with van der Waals surface area (Å²) in [7, 11) is 1.45. The van der Waals surface area contributed by atoms with E-state index in [2.05, 4.69) is 27.5 Å². The molecule has 0 aliphatic carbocycles. The first-order chi connectivity index (χ1) is 19.2. The van der Waals surface area contributed by atoms with Gasteiger partial charge in [-0.2, -0.15) is 0 Å². The highest BCUT2D eigenvalue weighted by Gasteiger charge is 2.34. The number of aromatic nitrogens is 1. The summed E-state index contributed by atoms with van der Waals surface area (Å²) in [4.78, 5) is 32.2. The molecule has 0 saturated heterocycles. The van der Waals surface area contributed by atoms with Crippen molar-refractivity contribution in [2.75, 3.05) is 26.9 Å². The average molecular weight is 630 g/mol. The van der Waals surface area contributed by atoms with Crippen molar-refractivity contribution in [1.82, 2.24) is 4.57 Å². The standard InChI is InChI=1S/C29H29BrN2O7S/c1-6-11-39-20-10-9-18(15-21(20)37-7-2)25-24(28(35)38-8-3)16(4)31-29-32(25)27(34)23(40-29)14-17-12-19(30)26(33)22(13-17)36-5/h6,9-10,12-15,25,33H,1,7-8,11H2,2-5H3/t25-/m1/s1. The Labute approximate surface area is 243 Å². The molecule has 11 heteroatoms. The van der Waals surface area contributed by atoms with E-state index in [0.717, 1.165) is 0 Å². The van der Waals surface area contributed by atoms with E-state index in [1.54, 1.807) is 56.3 Å². The normalized spacial score (nSPS) is 14.8. The molecule has 0 saturated carbocycles. The summed E-state index contributed by atoms with van der Waals surface area (Å²) in [5.41, 5.74) is 1.64. The number of aromatic hydroxyl groups is 1. The topological polar surface area (TPSA) is 109 Å². The zero-order chi connectivity index (χ0) is 29.0. The van der Waals surface area contributed by atoms with Crippen LogP contribution in [0.5, 0.6) is 23.0 Å². The highest BCUT2D eigenvalue weighted by molar-refractivity contribution is 9.10. The third-order valence-electron chi connectivity index (χ3n) is 6.03. The number of methoxy groups -OCH3 is 1. The zero-order valence-electron chi connectivity index (χ0n) is 22.5. The molecule has 40 heavy (non-hydrogen) atoms. The van der Waals surface area contributed by atoms with Gasteiger partial charge in [-0.15, -0.1) is 0 Å². The van der Waals surface area contributed by atoms with Crippen LogP contribution >= 0.6 is 27.3 Å². The first kappa shape index (κ1) is 29.2. The number of thiazole rings is 1. The van der Waals surface area contributed by atoms with Crippen LogP contribution in [0.3, 0.4) is 0 Å². The number of fused-ring (bicyclic) bond motifs is 1. The van der Waals surface area contributed by atoms with Crippen molar-refractivity contribution in [1.29, 1.82) is 0 Å². The van der Waals surface area contributed by atoms with Crippen molar-refractivity contribution in [3.63, 3.8) is 0 Å². The minimum absolute atomic E-state index is 0.0403. The molecule has 4 rings (SSSR count). The maximum Gasteiger partial charge on any atom is 0.338 e. The highest BCUT2D eigenvalue weighted by atomic mass is 79.9. The third-order valence-corrected chi connectivity index (χ3v) is 7.61. The minimum Gasteiger partial charge on any atom is -0.503 e. The summed E-state index contributed by atoms with van der Waals surface area (Å²) in [5, 5.41) is 10.2. The SMILES string of the molecule is C=CCOc1ccc([C@@H]2C(C(=O)OCC)=C(C)N=c3sc(=Cc4cc(Br)c(O)c(OC)c4)c(=O)n32)cc1OCC. The predicted octanol–water partition coefficient (Wildman–Crippen LogP) is 4.24. The number of halogens is 1. The van der Waals surface area contributed by atoms with Gasteiger partial charge in [-0.25, -0.2) is 9.79 Å². The van der Waals surface area contributed by atoms with Crippen molar-refractivity contribution in [3.05, 3.63) is 89.5 Å². The number of phenolic OH excluding ortho intramolecular Hbond substituents is 1. The van der Waals surface area contributed by atoms with E-state index in [-0.39, 0.29) is 29.2 Å². The molecule has 2 aromatic carbocycles. The highest BCUT2D eigenvalue weighted by Crippen LogP contribution is 2.37. The first-order valence-corrected chi connectivity index (χ1v) is 14.1. The molecule has 0 bridgehead atoms. The Kier molecular flexibility index (Phi) is 9.16. The van der Waals surface area contributed by atoms with Crippen LogP contribution in [0.4, 0.5) is 0 Å². The summed E-state index contributed by atoms with van der Waals surface area (Å²) in [6.07, 6.45) is 3.32. The number of nitrogens with zero attached hydrogens (tertiary/aromatic N) is 2. The summed E-state index contributed by atoms with van der Waals surface area (Å²) in [6, 6.07) is 7.80. The fraction of sp³-hybridized carbons (Fsp3) is 0.276. The molecule has 210 valence electrons. The Morgan fingerprint density at radius 3 is 2.62 bits per heavy atom. The molecule has 1 aliphatic heterocycles. The molecule has 0 radical (unpaired) electrons. The number of benzene rings is 2. The number of hydrogen-bond acceptors (Lipinski definition) is 9. The molecule has 0 amide bonds. The molecule has 1 N–H and O–H groups in total. The molecule has 1 aromatic heterocycles. The molecule has 3 aromatic rings. The Morgan fingerprint density at radius 2 is 1.95 bits per heavy atom. The van der Waals surface area contributed by atoms with Crippen LogP contribution in [0, 0.1) is 0 Å². The fourth-order valence-electron chi connectivity index (χ4n) is 4.32. The maximum atomic E-state index is 13.9. The van der Waals surface area contributed by atoms with Crippen molar-refractivity contribution < 1.29 is 28.8 Å². The monoisotopic (exact) mass is 628 g/mol. The van der Waals surface area contributed by atoms with Crippen LogP contribution in [0.15, 0.2) is 68.5 Å². The Morgan fingerprint density at radius 1 is 1.18 bits per heavy atom. The van der Waals surface area contributed by atoms with Gasteiger partial charge in [0.25, 0.3) is 5.56 Å². The van der Waals surface area contributed by atoms with Gasteiger partial charge in [0.2, 0.25) is 0 Å². The Bertz CT molecular complexity index is 1670. The first-order valence-electron chi connectivity index (χ1n) is 12.5. The van der Waals surface area contributed by atoms with E-state index in [0.29, 0.717) is 55.3 Å². The summed E-state index contributed by atoms with van der Waals surface area (Å²) in [5.74, 6) is 0.654. The predicted molar refractivity (Wildman–Crippen MR) is 156 cm³/mol. The number of esters is 1. The van der Waals surface area contributed by atoms with Crippen LogP contribution in [-0.2, 0) is 9.53 Å². The minimum atomic E-state index is -0.814. The lowest BCUT2D eigenvalue weighted by Gasteiger charge is -2.25. The molecule has 1 aliphatic rings. The van der Waals surface area contributed by atoms with Gasteiger partial charge in [-0.1, -0.05) is 30.1 Å². The Balaban J connectivity index is 1.95. The van der Waals surface area contributed by atoms with Gasteiger partial charge >= 0.3 is 5.97 Å². The van der Waals surface area contributed by atoms with E-state index >= 15 is 0 Å². The molecular formula is C29H29BrN2O7S. The van der Waals surface area contributed by atoms with Crippen LogP contribution < -0.4 is 29.1 Å². The van der Waals surface area contributed by atoms with Gasteiger partial charge in [-0.3, -0.25) is 9.36 Å². The van der Waals surface area contributed by atoms with Crippen LogP contribution in [-0.4, -0.2) is 42.6 Å². The molecule has 0 unspecified atom stereocenters. The second kappa shape index (κ2) is 12.6. The molecule has 2 heterocycles. The van der Waals surface area contributed by atoms with E-state index in [1.807, 2.05) is 6.92 Å². The van der Waals surface area contributed by atoms with Gasteiger partial charge in [-0.05, 0) is 78.2 Å². The van der Waals surface area contributed by atoms with E-state index in [1.165, 1.54) is 23.0 Å². The van der Waals surface area contributed by atoms with Crippen molar-refractivity contribution in [2.24, 2.45) is 4.99 Å². The number of rotatable bonds is 10. The second-order valence-corrected chi connectivity index (χ2v) is 10.5. The summed E-state index contributed by atoms with van der Waals surface area (Å²) >= 11 is 4.51. The fourth-order valence-corrected chi connectivity index (χ4v) is 5.83. The smallest absolute Gasteiger partial charge is 0.338 e. The van der Waals surface area contributed by atoms with E-state index in [9.17, 15) is 14.7 Å². The lowest BCUT2D eigenvalue weighted by Crippen LogP contribution is -2.40. The van der Waals surface area contributed by atoms with Crippen LogP contribution in [0.2, 0.25) is 0 Å². The van der Waals surface area contributed by atoms with Crippen molar-refractivity contribution >= 4 is 39.3 Å². The number of ether oxygens (including phenoxy) is 4. The summed E-state index contributed by atoms with van der Waals surface area (Å²) < 4.78 is 24.5. The number of hydrogen-bond donors (Lipinski definition) is 1. The maximum absolute atomic E-state index is 13.9. The Hall–Kier alpha value is -3.83. The number of carbonyl (C=O) groups excluding carboxylic acids is 1. The van der Waals surface area contributed by atoms with Crippen LogP contribution in [0.1, 0.15) is 37.9 Å². The summed E-state index contributed by atoms with van der Waals surface area (Å²) in [6.45, 7) is 9.85. The molecular weight excluding hydrogens is 600 g/mol. The van der Waals surface area contributed by atoms with E-state index in [4.69, 9.17) is 18.9 Å². The van der Waals surface area contributed by atoms with Crippen molar-refractivity contribution in [2.45, 2.75) is 26.8 Å². The van der Waals surface area contributed by atoms with Gasteiger partial charge in [0, 0.05) is 0 Å². The van der Waals surface area contributed by atoms with Gasteiger partial charge in [0.15, 0.2) is 27.8 Å². The number of carbonyl (C=O) groups is 1. The lowest BCUT2D eigenvalue weighted by molar-refractivity contribution is -0.139. The number of phenols is 1. The third kappa shape index (κ3) is 5.71. The van der Waals surface area contributed by atoms with Gasteiger partial charge in [0.05, 0.1) is 46.6 Å². The lowest BCUT2D eigenvalue weighted by atomic mass is 9.95. The largest absolute Gasteiger partial charge is 0.503 e. The molecule has 0 spiro atoms. The molecule has 9 nitrogen and oxygen atoms in total.